The van der Waals surface area contributed by atoms with E-state index in [-0.39, 0.29) is 0 Å². The lowest BCUT2D eigenvalue weighted by atomic mass is 10.6. The van der Waals surface area contributed by atoms with Crippen molar-refractivity contribution < 1.29 is 0 Å². The molecule has 0 heterocycles. The molecule has 0 aliphatic rings. The highest BCUT2D eigenvalue weighted by molar-refractivity contribution is 4.84. The van der Waals surface area contributed by atoms with Crippen LogP contribution in [0.3, 0.4) is 0 Å². The highest BCUT2D eigenvalue weighted by Crippen LogP contribution is 1.89. The summed E-state index contributed by atoms with van der Waals surface area (Å²) in [5.74, 6) is 0. The molecule has 0 aromatic carbocycles. The van der Waals surface area contributed by atoms with Crippen molar-refractivity contribution >= 4 is 0 Å². The highest BCUT2D eigenvalue weighted by Gasteiger charge is 1.68. The lowest BCUT2D eigenvalue weighted by Crippen LogP contribution is -1.55. The number of hydrogen-bond donors (Lipinski definition) is 0. The Morgan fingerprint density at radius 2 is 2.25 bits per heavy atom. The number of nitrogens with zero attached hydrogens (tertiary/aromatic N) is 2. The first-order valence-corrected chi connectivity index (χ1v) is 2.45. The molecule has 0 aliphatic heterocycles. The van der Waals surface area contributed by atoms with E-state index in [2.05, 4.69) is 16.8 Å². The van der Waals surface area contributed by atoms with E-state index in [1.54, 1.807) is 13.1 Å². The van der Waals surface area contributed by atoms with E-state index >= 15 is 0 Å². The predicted octanol–water partition coefficient (Wildman–Crippen LogP) is 2.51. The van der Waals surface area contributed by atoms with Crippen molar-refractivity contribution in [2.75, 3.05) is 0 Å². The van der Waals surface area contributed by atoms with Gasteiger partial charge in [0.2, 0.25) is 0 Å². The zero-order valence-electron chi connectivity index (χ0n) is 5.26. The number of hydrogen-bond acceptors (Lipinski definition) is 2. The highest BCUT2D eigenvalue weighted by atomic mass is 15.1. The molecule has 0 spiro atoms. The maximum Gasteiger partial charge on any atom is 0.0528 e. The molecule has 0 bridgehead atoms. The van der Waals surface area contributed by atoms with E-state index in [1.165, 1.54) is 0 Å². The third kappa shape index (κ3) is 5.08. The molecular weight excluding hydrogens is 100 g/mol. The van der Waals surface area contributed by atoms with Crippen molar-refractivity contribution in [3.63, 3.8) is 0 Å². The standard InChI is InChI=1S/C6H10N2/c1-4-5-7-8-6(2)3/h4-5H,2H2,1,3H3/b5-4-,8-7-. The minimum atomic E-state index is 0.725. The molecule has 0 unspecified atom stereocenters. The van der Waals surface area contributed by atoms with Gasteiger partial charge in [0.15, 0.2) is 0 Å². The van der Waals surface area contributed by atoms with E-state index in [0.29, 0.717) is 0 Å². The quantitative estimate of drug-likeness (QED) is 0.488. The zero-order valence-corrected chi connectivity index (χ0v) is 5.26. The SMILES string of the molecule is C=C(C)/N=N\C=C/C. The smallest absolute Gasteiger partial charge is 0.0528 e. The van der Waals surface area contributed by atoms with E-state index < -0.39 is 0 Å². The third-order valence-electron chi connectivity index (χ3n) is 0.444. The Balaban J connectivity index is 3.50. The molecular formula is C6H10N2. The summed E-state index contributed by atoms with van der Waals surface area (Å²) in [6.07, 6.45) is 3.43. The van der Waals surface area contributed by atoms with Crippen molar-refractivity contribution in [3.05, 3.63) is 24.6 Å². The van der Waals surface area contributed by atoms with E-state index in [4.69, 9.17) is 0 Å². The van der Waals surface area contributed by atoms with Crippen LogP contribution in [0.15, 0.2) is 34.8 Å². The maximum absolute atomic E-state index is 3.66. The fourth-order valence-corrected chi connectivity index (χ4v) is 0.199. The lowest BCUT2D eigenvalue weighted by Gasteiger charge is -1.77. The Hall–Kier alpha value is -0.920. The molecule has 0 aliphatic carbocycles. The Morgan fingerprint density at radius 3 is 2.62 bits per heavy atom. The molecule has 0 saturated carbocycles. The molecule has 0 radical (unpaired) electrons. The van der Waals surface area contributed by atoms with Crippen LogP contribution in [-0.4, -0.2) is 0 Å². The van der Waals surface area contributed by atoms with Crippen LogP contribution in [0.4, 0.5) is 0 Å². The maximum atomic E-state index is 3.66. The topological polar surface area (TPSA) is 24.7 Å². The van der Waals surface area contributed by atoms with E-state index in [0.717, 1.165) is 5.70 Å². The van der Waals surface area contributed by atoms with Gasteiger partial charge in [0, 0.05) is 6.20 Å². The number of allylic oxidation sites excluding steroid dienone is 2. The van der Waals surface area contributed by atoms with Crippen LogP contribution < -0.4 is 0 Å². The molecule has 2 nitrogen and oxygen atoms in total. The normalized spacial score (nSPS) is 11.2. The van der Waals surface area contributed by atoms with Crippen LogP contribution in [0.5, 0.6) is 0 Å². The van der Waals surface area contributed by atoms with E-state index in [1.807, 2.05) is 13.0 Å². The molecule has 0 amide bonds. The Kier molecular flexibility index (Phi) is 3.76. The van der Waals surface area contributed by atoms with Crippen molar-refractivity contribution in [2.45, 2.75) is 13.8 Å². The zero-order chi connectivity index (χ0) is 6.41. The monoisotopic (exact) mass is 110 g/mol. The fraction of sp³-hybridized carbons (Fsp3) is 0.333. The molecule has 0 fully saturated rings. The molecule has 8 heavy (non-hydrogen) atoms. The lowest BCUT2D eigenvalue weighted by molar-refractivity contribution is 1.13. The van der Waals surface area contributed by atoms with Crippen LogP contribution in [-0.2, 0) is 0 Å². The van der Waals surface area contributed by atoms with Gasteiger partial charge >= 0.3 is 0 Å². The molecule has 44 valence electrons. The second-order valence-electron chi connectivity index (χ2n) is 1.43. The van der Waals surface area contributed by atoms with Crippen molar-refractivity contribution in [1.82, 2.24) is 0 Å². The van der Waals surface area contributed by atoms with Gasteiger partial charge in [0.05, 0.1) is 5.70 Å². The number of rotatable bonds is 2. The average Bonchev–Trinajstić information content (AvgIpc) is 1.66. The summed E-state index contributed by atoms with van der Waals surface area (Å²) in [4.78, 5) is 0. The molecule has 0 aromatic rings. The summed E-state index contributed by atoms with van der Waals surface area (Å²) in [5, 5.41) is 7.29. The summed E-state index contributed by atoms with van der Waals surface area (Å²) in [6.45, 7) is 7.22. The van der Waals surface area contributed by atoms with Gasteiger partial charge in [-0.05, 0) is 13.8 Å². The molecule has 0 N–H and O–H groups in total. The Morgan fingerprint density at radius 1 is 1.62 bits per heavy atom. The van der Waals surface area contributed by atoms with Crippen molar-refractivity contribution in [2.24, 2.45) is 10.2 Å². The van der Waals surface area contributed by atoms with Gasteiger partial charge in [-0.1, -0.05) is 12.7 Å². The summed E-state index contributed by atoms with van der Waals surface area (Å²) < 4.78 is 0. The Bertz CT molecular complexity index is 122. The van der Waals surface area contributed by atoms with Gasteiger partial charge in [-0.25, -0.2) is 0 Å². The largest absolute Gasteiger partial charge is 0.159 e. The van der Waals surface area contributed by atoms with Gasteiger partial charge in [-0.2, -0.15) is 10.2 Å². The third-order valence-corrected chi connectivity index (χ3v) is 0.444. The van der Waals surface area contributed by atoms with Gasteiger partial charge < -0.3 is 0 Å². The minimum absolute atomic E-state index is 0.725. The molecule has 2 heteroatoms. The van der Waals surface area contributed by atoms with Crippen molar-refractivity contribution in [3.8, 4) is 0 Å². The van der Waals surface area contributed by atoms with Crippen LogP contribution in [0.25, 0.3) is 0 Å². The van der Waals surface area contributed by atoms with Crippen LogP contribution in [0.1, 0.15) is 13.8 Å². The summed E-state index contributed by atoms with van der Waals surface area (Å²) in [6, 6.07) is 0. The van der Waals surface area contributed by atoms with Crippen LogP contribution in [0.2, 0.25) is 0 Å². The fourth-order valence-electron chi connectivity index (χ4n) is 0.199. The predicted molar refractivity (Wildman–Crippen MR) is 34.5 cm³/mol. The summed E-state index contributed by atoms with van der Waals surface area (Å²) in [5.41, 5.74) is 0.725. The van der Waals surface area contributed by atoms with Gasteiger partial charge in [-0.15, -0.1) is 0 Å². The van der Waals surface area contributed by atoms with Crippen LogP contribution in [0, 0.1) is 0 Å². The van der Waals surface area contributed by atoms with Gasteiger partial charge in [-0.3, -0.25) is 0 Å². The summed E-state index contributed by atoms with van der Waals surface area (Å²) >= 11 is 0. The second-order valence-corrected chi connectivity index (χ2v) is 1.43. The molecule has 0 atom stereocenters. The first-order valence-electron chi connectivity index (χ1n) is 2.45. The first-order chi connectivity index (χ1) is 3.77. The molecule has 0 aromatic heterocycles. The minimum Gasteiger partial charge on any atom is -0.159 e. The van der Waals surface area contributed by atoms with E-state index in [9.17, 15) is 0 Å². The number of azo groups is 1. The van der Waals surface area contributed by atoms with Crippen LogP contribution >= 0.6 is 0 Å². The Labute approximate surface area is 49.6 Å². The second kappa shape index (κ2) is 4.24. The molecule has 0 saturated heterocycles. The van der Waals surface area contributed by atoms with Gasteiger partial charge in [0.1, 0.15) is 0 Å². The average molecular weight is 110 g/mol. The van der Waals surface area contributed by atoms with Gasteiger partial charge in [0.25, 0.3) is 0 Å². The summed E-state index contributed by atoms with van der Waals surface area (Å²) in [7, 11) is 0. The first kappa shape index (κ1) is 7.08. The van der Waals surface area contributed by atoms with Crippen molar-refractivity contribution in [1.29, 1.82) is 0 Å². The molecule has 0 rings (SSSR count).